The van der Waals surface area contributed by atoms with Crippen molar-refractivity contribution in [2.75, 3.05) is 28.4 Å². The molecule has 0 spiro atoms. The highest BCUT2D eigenvalue weighted by molar-refractivity contribution is 5.81. The predicted octanol–water partition coefficient (Wildman–Crippen LogP) is 2.85. The van der Waals surface area contributed by atoms with Crippen molar-refractivity contribution in [3.63, 3.8) is 0 Å². The maximum Gasteiger partial charge on any atom is 0.186 e. The van der Waals surface area contributed by atoms with Crippen molar-refractivity contribution in [2.24, 2.45) is 0 Å². The molecule has 0 heterocycles. The Kier molecular flexibility index (Phi) is 5.89. The van der Waals surface area contributed by atoms with E-state index in [0.29, 0.717) is 28.6 Å². The van der Waals surface area contributed by atoms with Gasteiger partial charge in [0.2, 0.25) is 0 Å². The van der Waals surface area contributed by atoms with E-state index < -0.39 is 0 Å². The molecule has 0 amide bonds. The zero-order chi connectivity index (χ0) is 17.5. The van der Waals surface area contributed by atoms with Gasteiger partial charge in [-0.3, -0.25) is 0 Å². The molecule has 0 aliphatic heterocycles. The summed E-state index contributed by atoms with van der Waals surface area (Å²) in [4.78, 5) is 0. The number of nitrogens with zero attached hydrogens (tertiary/aromatic N) is 1. The molecule has 24 heavy (non-hydrogen) atoms. The van der Waals surface area contributed by atoms with Gasteiger partial charge in [-0.15, -0.1) is 0 Å². The quantitative estimate of drug-likeness (QED) is 0.338. The van der Waals surface area contributed by atoms with Gasteiger partial charge >= 0.3 is 0 Å². The Hall–Kier alpha value is -2.89. The van der Waals surface area contributed by atoms with Gasteiger partial charge in [0, 0.05) is 0 Å². The van der Waals surface area contributed by atoms with Crippen molar-refractivity contribution in [3.05, 3.63) is 52.7 Å². The molecule has 0 bridgehead atoms. The fourth-order valence-electron chi connectivity index (χ4n) is 2.46. The molecule has 2 aromatic rings. The van der Waals surface area contributed by atoms with E-state index in [1.807, 2.05) is 12.1 Å². The van der Waals surface area contributed by atoms with Crippen LogP contribution >= 0.6 is 0 Å². The number of hydroxylamine groups is 1. The molecular weight excluding hydrogens is 310 g/mol. The molecule has 2 rings (SSSR count). The molecule has 0 fully saturated rings. The minimum atomic E-state index is 0.112. The largest absolute Gasteiger partial charge is 0.624 e. The lowest BCUT2D eigenvalue weighted by molar-refractivity contribution is -0.469. The summed E-state index contributed by atoms with van der Waals surface area (Å²) < 4.78 is 22.0. The topological polar surface area (TPSA) is 63.0 Å². The molecule has 0 N–H and O–H groups in total. The van der Waals surface area contributed by atoms with Gasteiger partial charge in [-0.05, 0) is 24.3 Å². The fraction of sp³-hybridized carbons (Fsp3) is 0.278. The first-order valence-corrected chi connectivity index (χ1v) is 7.34. The molecule has 0 unspecified atom stereocenters. The number of hydrogen-bond acceptors (Lipinski definition) is 5. The molecule has 0 aromatic heterocycles. The Morgan fingerprint density at radius 2 is 1.42 bits per heavy atom. The van der Waals surface area contributed by atoms with Crippen LogP contribution in [-0.2, 0) is 6.54 Å². The first-order valence-electron chi connectivity index (χ1n) is 7.34. The number of para-hydroxylation sites is 2. The SMILES string of the molecule is COc1cccc(/C=[N+](\[O-])Cc2cccc(OC)c2OC)c1OC. The molecular formula is C18H21NO5. The van der Waals surface area contributed by atoms with Crippen LogP contribution in [0.25, 0.3) is 0 Å². The van der Waals surface area contributed by atoms with Gasteiger partial charge in [-0.2, -0.15) is 0 Å². The number of rotatable bonds is 7. The summed E-state index contributed by atoms with van der Waals surface area (Å²) in [5, 5.41) is 12.4. The third kappa shape index (κ3) is 3.71. The third-order valence-electron chi connectivity index (χ3n) is 3.53. The average Bonchev–Trinajstić information content (AvgIpc) is 2.60. The van der Waals surface area contributed by atoms with Crippen molar-refractivity contribution in [3.8, 4) is 23.0 Å². The second-order valence-electron chi connectivity index (χ2n) is 4.94. The number of hydrogen-bond donors (Lipinski definition) is 0. The Morgan fingerprint density at radius 3 is 2.00 bits per heavy atom. The van der Waals surface area contributed by atoms with Crippen LogP contribution < -0.4 is 18.9 Å². The molecule has 6 heteroatoms. The van der Waals surface area contributed by atoms with Crippen LogP contribution in [0.5, 0.6) is 23.0 Å². The summed E-state index contributed by atoms with van der Waals surface area (Å²) in [5.41, 5.74) is 1.36. The molecule has 0 saturated carbocycles. The Bertz CT molecular complexity index is 727. The van der Waals surface area contributed by atoms with Gasteiger partial charge in [-0.25, -0.2) is 4.74 Å². The van der Waals surface area contributed by atoms with E-state index in [1.54, 1.807) is 45.6 Å². The summed E-state index contributed by atoms with van der Waals surface area (Å²) in [6.45, 7) is 0.112. The standard InChI is InChI=1S/C18H21NO5/c1-21-15-9-5-7-13(17(15)23-3)11-19(20)12-14-8-6-10-16(22-2)18(14)24-4/h5-11H,12H2,1-4H3/b19-11-. The van der Waals surface area contributed by atoms with Gasteiger partial charge in [-0.1, -0.05) is 12.1 Å². The van der Waals surface area contributed by atoms with Crippen molar-refractivity contribution in [1.82, 2.24) is 0 Å². The Balaban J connectivity index is 2.34. The average molecular weight is 331 g/mol. The third-order valence-corrected chi connectivity index (χ3v) is 3.53. The molecule has 0 saturated heterocycles. The van der Waals surface area contributed by atoms with Crippen molar-refractivity contribution < 1.29 is 23.7 Å². The smallest absolute Gasteiger partial charge is 0.186 e. The zero-order valence-electron chi connectivity index (χ0n) is 14.2. The minimum Gasteiger partial charge on any atom is -0.624 e. The summed E-state index contributed by atoms with van der Waals surface area (Å²) in [6.07, 6.45) is 1.46. The van der Waals surface area contributed by atoms with Gasteiger partial charge in [0.05, 0.1) is 39.6 Å². The Morgan fingerprint density at radius 1 is 0.833 bits per heavy atom. The van der Waals surface area contributed by atoms with E-state index in [2.05, 4.69) is 0 Å². The van der Waals surface area contributed by atoms with E-state index in [0.717, 1.165) is 10.3 Å². The van der Waals surface area contributed by atoms with Crippen LogP contribution in [0.1, 0.15) is 11.1 Å². The summed E-state index contributed by atoms with van der Waals surface area (Å²) in [7, 11) is 6.20. The monoisotopic (exact) mass is 331 g/mol. The second kappa shape index (κ2) is 8.10. The van der Waals surface area contributed by atoms with Crippen LogP contribution in [0.4, 0.5) is 0 Å². The predicted molar refractivity (Wildman–Crippen MR) is 91.6 cm³/mol. The highest BCUT2D eigenvalue weighted by Crippen LogP contribution is 2.32. The number of methoxy groups -OCH3 is 4. The summed E-state index contributed by atoms with van der Waals surface area (Å²) in [5.74, 6) is 2.21. The van der Waals surface area contributed by atoms with E-state index in [4.69, 9.17) is 18.9 Å². The van der Waals surface area contributed by atoms with Crippen LogP contribution in [0.2, 0.25) is 0 Å². The van der Waals surface area contributed by atoms with Crippen molar-refractivity contribution in [1.29, 1.82) is 0 Å². The van der Waals surface area contributed by atoms with Gasteiger partial charge < -0.3 is 24.2 Å². The van der Waals surface area contributed by atoms with Crippen LogP contribution in [0.15, 0.2) is 36.4 Å². The highest BCUT2D eigenvalue weighted by atomic mass is 16.5. The first kappa shape index (κ1) is 17.5. The molecule has 0 atom stereocenters. The summed E-state index contributed by atoms with van der Waals surface area (Å²) >= 11 is 0. The maximum atomic E-state index is 12.4. The molecule has 6 nitrogen and oxygen atoms in total. The lowest BCUT2D eigenvalue weighted by Gasteiger charge is -2.13. The van der Waals surface area contributed by atoms with Gasteiger partial charge in [0.1, 0.15) is 0 Å². The number of ether oxygens (including phenoxy) is 4. The lowest BCUT2D eigenvalue weighted by Crippen LogP contribution is -2.08. The van der Waals surface area contributed by atoms with Crippen LogP contribution in [0.3, 0.4) is 0 Å². The normalized spacial score (nSPS) is 11.1. The lowest BCUT2D eigenvalue weighted by atomic mass is 10.1. The molecule has 0 aliphatic rings. The molecule has 0 radical (unpaired) electrons. The van der Waals surface area contributed by atoms with Gasteiger partial charge in [0.15, 0.2) is 35.8 Å². The zero-order valence-corrected chi connectivity index (χ0v) is 14.2. The van der Waals surface area contributed by atoms with E-state index in [9.17, 15) is 5.21 Å². The first-order chi connectivity index (χ1) is 11.6. The Labute approximate surface area is 141 Å². The van der Waals surface area contributed by atoms with E-state index >= 15 is 0 Å². The van der Waals surface area contributed by atoms with E-state index in [-0.39, 0.29) is 6.54 Å². The minimum absolute atomic E-state index is 0.112. The maximum absolute atomic E-state index is 12.4. The molecule has 128 valence electrons. The second-order valence-corrected chi connectivity index (χ2v) is 4.94. The van der Waals surface area contributed by atoms with Crippen molar-refractivity contribution in [2.45, 2.75) is 6.54 Å². The number of benzene rings is 2. The fourth-order valence-corrected chi connectivity index (χ4v) is 2.46. The molecule has 2 aromatic carbocycles. The van der Waals surface area contributed by atoms with Crippen LogP contribution in [0, 0.1) is 5.21 Å². The molecule has 0 aliphatic carbocycles. The van der Waals surface area contributed by atoms with E-state index in [1.165, 1.54) is 13.3 Å². The summed E-state index contributed by atoms with van der Waals surface area (Å²) in [6, 6.07) is 10.8. The van der Waals surface area contributed by atoms with Crippen LogP contribution in [-0.4, -0.2) is 39.4 Å². The highest BCUT2D eigenvalue weighted by Gasteiger charge is 2.14. The van der Waals surface area contributed by atoms with Crippen molar-refractivity contribution >= 4 is 6.21 Å². The van der Waals surface area contributed by atoms with Gasteiger partial charge in [0.25, 0.3) is 0 Å².